The summed E-state index contributed by atoms with van der Waals surface area (Å²) in [4.78, 5) is 12.6. The number of hydrogen-bond acceptors (Lipinski definition) is 3. The number of benzene rings is 1. The van der Waals surface area contributed by atoms with Gasteiger partial charge in [-0.25, -0.2) is 0 Å². The maximum absolute atomic E-state index is 12.6. The maximum Gasteiger partial charge on any atom is 0.185 e. The molecule has 0 spiro atoms. The number of carbonyl (C=O) groups excluding carboxylic acids is 1. The summed E-state index contributed by atoms with van der Waals surface area (Å²) < 4.78 is 12.9. The van der Waals surface area contributed by atoms with Gasteiger partial charge in [0.15, 0.2) is 22.4 Å². The molecule has 1 aromatic rings. The van der Waals surface area contributed by atoms with Crippen LogP contribution in [0.2, 0.25) is 39.3 Å². The Hall–Kier alpha value is -0.756. The summed E-state index contributed by atoms with van der Waals surface area (Å²) in [5.74, 6) is 0.196. The summed E-state index contributed by atoms with van der Waals surface area (Å²) in [6, 6.07) is 10.1. The van der Waals surface area contributed by atoms with Crippen LogP contribution < -0.4 is 0 Å². The van der Waals surface area contributed by atoms with Gasteiger partial charge in [0, 0.05) is 6.42 Å². The third-order valence-electron chi connectivity index (χ3n) is 3.68. The summed E-state index contributed by atoms with van der Waals surface area (Å²) in [5.41, 5.74) is 0.280. The van der Waals surface area contributed by atoms with Crippen molar-refractivity contribution in [1.29, 1.82) is 0 Å². The Labute approximate surface area is 136 Å². The van der Waals surface area contributed by atoms with Crippen molar-refractivity contribution < 1.29 is 13.6 Å². The predicted octanol–water partition coefficient (Wildman–Crippen LogP) is 4.53. The van der Waals surface area contributed by atoms with Crippen molar-refractivity contribution in [3.63, 3.8) is 0 Å². The number of rotatable bonds is 6. The molecule has 22 heavy (non-hydrogen) atoms. The highest BCUT2D eigenvalue weighted by Crippen LogP contribution is 2.47. The second-order valence-corrected chi connectivity index (χ2v) is 16.9. The molecule has 0 aliphatic heterocycles. The van der Waals surface area contributed by atoms with Crippen molar-refractivity contribution in [3.8, 4) is 0 Å². The Bertz CT molecular complexity index is 531. The molecule has 2 atom stereocenters. The van der Waals surface area contributed by atoms with E-state index in [1.54, 1.807) is 0 Å². The van der Waals surface area contributed by atoms with Gasteiger partial charge in [0.05, 0.1) is 0 Å². The summed E-state index contributed by atoms with van der Waals surface area (Å²) in [5, 5.41) is 0. The van der Waals surface area contributed by atoms with Crippen LogP contribution in [0.15, 0.2) is 30.3 Å². The van der Waals surface area contributed by atoms with Crippen molar-refractivity contribution in [2.45, 2.75) is 63.8 Å². The van der Waals surface area contributed by atoms with Crippen LogP contribution in [0.5, 0.6) is 0 Å². The maximum atomic E-state index is 12.6. The van der Waals surface area contributed by atoms with Gasteiger partial charge in [-0.15, -0.1) is 0 Å². The molecule has 0 amide bonds. The van der Waals surface area contributed by atoms with Crippen molar-refractivity contribution in [3.05, 3.63) is 35.9 Å². The highest BCUT2D eigenvalue weighted by atomic mass is 28.4. The van der Waals surface area contributed by atoms with Crippen LogP contribution in [-0.2, 0) is 13.6 Å². The fourth-order valence-corrected chi connectivity index (χ4v) is 5.32. The van der Waals surface area contributed by atoms with Gasteiger partial charge in [-0.1, -0.05) is 30.3 Å². The molecule has 0 heterocycles. The van der Waals surface area contributed by atoms with Crippen LogP contribution in [0.25, 0.3) is 0 Å². The SMILES string of the molecule is C[Si](C)(C)OC(c1ccccc1)C1(O[Si](C)(C)C)CCC1=O. The predicted molar refractivity (Wildman–Crippen MR) is 95.0 cm³/mol. The van der Waals surface area contributed by atoms with Crippen molar-refractivity contribution in [2.24, 2.45) is 0 Å². The zero-order valence-corrected chi connectivity index (χ0v) is 16.6. The molecule has 122 valence electrons. The van der Waals surface area contributed by atoms with Crippen molar-refractivity contribution >= 4 is 22.4 Å². The van der Waals surface area contributed by atoms with Gasteiger partial charge < -0.3 is 8.85 Å². The van der Waals surface area contributed by atoms with E-state index < -0.39 is 22.2 Å². The molecule has 5 heteroatoms. The largest absolute Gasteiger partial charge is 0.407 e. The molecule has 0 radical (unpaired) electrons. The van der Waals surface area contributed by atoms with E-state index in [2.05, 4.69) is 39.3 Å². The van der Waals surface area contributed by atoms with Gasteiger partial charge in [0.25, 0.3) is 0 Å². The number of carbonyl (C=O) groups is 1. The van der Waals surface area contributed by atoms with Crippen molar-refractivity contribution in [1.82, 2.24) is 0 Å². The Morgan fingerprint density at radius 1 is 1.00 bits per heavy atom. The molecule has 0 N–H and O–H groups in total. The average Bonchev–Trinajstić information content (AvgIpc) is 2.39. The summed E-state index contributed by atoms with van der Waals surface area (Å²) in [6.45, 7) is 12.9. The normalized spacial score (nSPS) is 24.0. The first-order valence-electron chi connectivity index (χ1n) is 8.00. The quantitative estimate of drug-likeness (QED) is 0.716. The lowest BCUT2D eigenvalue weighted by atomic mass is 9.73. The van der Waals surface area contributed by atoms with Gasteiger partial charge in [-0.05, 0) is 51.3 Å². The third kappa shape index (κ3) is 3.95. The fourth-order valence-electron chi connectivity index (χ4n) is 2.87. The molecular weight excluding hydrogens is 308 g/mol. The topological polar surface area (TPSA) is 35.5 Å². The zero-order valence-electron chi connectivity index (χ0n) is 14.6. The van der Waals surface area contributed by atoms with Gasteiger partial charge in [-0.2, -0.15) is 0 Å². The van der Waals surface area contributed by atoms with E-state index in [-0.39, 0.29) is 11.9 Å². The monoisotopic (exact) mass is 336 g/mol. The molecule has 2 unspecified atom stereocenters. The molecule has 0 bridgehead atoms. The second-order valence-electron chi connectivity index (χ2n) is 8.05. The standard InChI is InChI=1S/C17H28O3Si2/c1-21(2,3)19-16(14-10-8-7-9-11-14)17(13-12-15(17)18)20-22(4,5)6/h7-11,16H,12-13H2,1-6H3. The van der Waals surface area contributed by atoms with Crippen LogP contribution in [-0.4, -0.2) is 28.0 Å². The molecular formula is C17H28O3Si2. The Kier molecular flexibility index (Phi) is 4.83. The minimum absolute atomic E-state index is 0.196. The van der Waals surface area contributed by atoms with E-state index in [1.807, 2.05) is 30.3 Å². The van der Waals surface area contributed by atoms with E-state index in [4.69, 9.17) is 8.85 Å². The molecule has 2 rings (SSSR count). The summed E-state index contributed by atoms with van der Waals surface area (Å²) in [6.07, 6.45) is 1.08. The zero-order chi connectivity index (χ0) is 16.6. The third-order valence-corrected chi connectivity index (χ3v) is 5.60. The molecule has 1 saturated carbocycles. The highest BCUT2D eigenvalue weighted by molar-refractivity contribution is 6.70. The Morgan fingerprint density at radius 3 is 1.95 bits per heavy atom. The number of hydrogen-bond donors (Lipinski definition) is 0. The van der Waals surface area contributed by atoms with E-state index in [9.17, 15) is 4.79 Å². The van der Waals surface area contributed by atoms with Crippen LogP contribution in [0.3, 0.4) is 0 Å². The lowest BCUT2D eigenvalue weighted by molar-refractivity contribution is -0.162. The summed E-state index contributed by atoms with van der Waals surface area (Å²) in [7, 11) is -3.68. The summed E-state index contributed by atoms with van der Waals surface area (Å²) >= 11 is 0. The van der Waals surface area contributed by atoms with Crippen LogP contribution >= 0.6 is 0 Å². The van der Waals surface area contributed by atoms with E-state index in [0.29, 0.717) is 6.42 Å². The Balaban J connectivity index is 2.44. The molecule has 0 aromatic heterocycles. The Morgan fingerprint density at radius 2 is 1.59 bits per heavy atom. The van der Waals surface area contributed by atoms with Crippen LogP contribution in [0.4, 0.5) is 0 Å². The molecule has 1 aliphatic rings. The first-order chi connectivity index (χ1) is 10.0. The number of ketones is 1. The minimum atomic E-state index is -1.86. The van der Waals surface area contributed by atoms with Crippen LogP contribution in [0, 0.1) is 0 Å². The van der Waals surface area contributed by atoms with Gasteiger partial charge in [-0.3, -0.25) is 4.79 Å². The first-order valence-corrected chi connectivity index (χ1v) is 14.8. The van der Waals surface area contributed by atoms with Gasteiger partial charge >= 0.3 is 0 Å². The average molecular weight is 337 g/mol. The lowest BCUT2D eigenvalue weighted by Gasteiger charge is -2.50. The minimum Gasteiger partial charge on any atom is -0.407 e. The first kappa shape index (κ1) is 17.6. The molecule has 1 aromatic carbocycles. The molecule has 1 aliphatic carbocycles. The van der Waals surface area contributed by atoms with Crippen molar-refractivity contribution in [2.75, 3.05) is 0 Å². The van der Waals surface area contributed by atoms with E-state index >= 15 is 0 Å². The van der Waals surface area contributed by atoms with Crippen LogP contribution in [0.1, 0.15) is 24.5 Å². The smallest absolute Gasteiger partial charge is 0.185 e. The second kappa shape index (κ2) is 6.04. The lowest BCUT2D eigenvalue weighted by Crippen LogP contribution is -2.60. The molecule has 1 fully saturated rings. The fraction of sp³-hybridized carbons (Fsp3) is 0.588. The number of Topliss-reactive ketones (excluding diaryl/α,β-unsaturated/α-hetero) is 1. The van der Waals surface area contributed by atoms with Gasteiger partial charge in [0.1, 0.15) is 11.7 Å². The van der Waals surface area contributed by atoms with E-state index in [1.165, 1.54) is 0 Å². The highest BCUT2D eigenvalue weighted by Gasteiger charge is 2.56. The van der Waals surface area contributed by atoms with E-state index in [0.717, 1.165) is 12.0 Å². The molecule has 0 saturated heterocycles. The molecule has 3 nitrogen and oxygen atoms in total. The van der Waals surface area contributed by atoms with Gasteiger partial charge in [0.2, 0.25) is 0 Å².